The van der Waals surface area contributed by atoms with Gasteiger partial charge in [-0.05, 0) is 17.7 Å². The van der Waals surface area contributed by atoms with Crippen molar-refractivity contribution in [3.8, 4) is 16.9 Å². The van der Waals surface area contributed by atoms with E-state index in [2.05, 4.69) is 30.4 Å². The average molecular weight is 415 g/mol. The highest BCUT2D eigenvalue weighted by Gasteiger charge is 2.42. The maximum atomic E-state index is 13.4. The predicted molar refractivity (Wildman–Crippen MR) is 102 cm³/mol. The molecule has 8 nitrogen and oxygen atoms in total. The number of aromatic amines is 1. The molecule has 4 aromatic rings. The first-order valence-corrected chi connectivity index (χ1v) is 8.93. The van der Waals surface area contributed by atoms with Gasteiger partial charge in [-0.1, -0.05) is 6.07 Å². The van der Waals surface area contributed by atoms with Crippen LogP contribution in [0, 0.1) is 0 Å². The van der Waals surface area contributed by atoms with E-state index < -0.39 is 24.4 Å². The molecule has 0 radical (unpaired) electrons. The number of alkyl halides is 3. The predicted octanol–water partition coefficient (Wildman–Crippen LogP) is 2.99. The second-order valence-corrected chi connectivity index (χ2v) is 6.55. The van der Waals surface area contributed by atoms with Crippen molar-refractivity contribution in [1.29, 1.82) is 0 Å². The smallest absolute Gasteiger partial charge is 0.359 e. The molecule has 0 aromatic carbocycles. The molecule has 30 heavy (non-hydrogen) atoms. The number of amides is 1. The number of nitrogens with zero attached hydrogens (tertiary/aromatic N) is 5. The van der Waals surface area contributed by atoms with Gasteiger partial charge in [0.2, 0.25) is 5.91 Å². The number of H-pyrrole nitrogens is 1. The normalized spacial score (nSPS) is 12.8. The third-order valence-corrected chi connectivity index (χ3v) is 4.68. The molecule has 0 saturated carbocycles. The van der Waals surface area contributed by atoms with Crippen LogP contribution in [0.4, 0.5) is 13.2 Å². The lowest BCUT2D eigenvalue weighted by atomic mass is 9.96. The van der Waals surface area contributed by atoms with Crippen molar-refractivity contribution >= 4 is 17.1 Å². The monoisotopic (exact) mass is 415 g/mol. The van der Waals surface area contributed by atoms with Gasteiger partial charge in [-0.3, -0.25) is 4.79 Å². The summed E-state index contributed by atoms with van der Waals surface area (Å²) in [6.07, 6.45) is 2.36. The number of nitrogens with one attached hydrogen (secondary N) is 2. The van der Waals surface area contributed by atoms with E-state index >= 15 is 0 Å². The first kappa shape index (κ1) is 19.6. The van der Waals surface area contributed by atoms with E-state index in [1.807, 2.05) is 0 Å². The van der Waals surface area contributed by atoms with Crippen molar-refractivity contribution in [3.63, 3.8) is 0 Å². The van der Waals surface area contributed by atoms with Crippen LogP contribution in [0.5, 0.6) is 0 Å². The molecule has 1 amide bonds. The summed E-state index contributed by atoms with van der Waals surface area (Å²) >= 11 is 0. The van der Waals surface area contributed by atoms with Crippen LogP contribution in [0.2, 0.25) is 0 Å². The fourth-order valence-electron chi connectivity index (χ4n) is 3.12. The number of halogens is 3. The number of rotatable bonds is 5. The van der Waals surface area contributed by atoms with E-state index in [1.54, 1.807) is 31.0 Å². The van der Waals surface area contributed by atoms with E-state index in [9.17, 15) is 18.0 Å². The van der Waals surface area contributed by atoms with E-state index in [0.717, 1.165) is 17.3 Å². The Kier molecular flexibility index (Phi) is 4.94. The zero-order chi connectivity index (χ0) is 21.3. The molecule has 4 rings (SSSR count). The van der Waals surface area contributed by atoms with Gasteiger partial charge in [0, 0.05) is 43.2 Å². The van der Waals surface area contributed by atoms with Gasteiger partial charge in [-0.15, -0.1) is 0 Å². The van der Waals surface area contributed by atoms with Crippen LogP contribution < -0.4 is 5.32 Å². The van der Waals surface area contributed by atoms with Crippen LogP contribution in [0.15, 0.2) is 49.3 Å². The fraction of sp³-hybridized carbons (Fsp3) is 0.211. The Balaban J connectivity index is 1.62. The molecular weight excluding hydrogens is 399 g/mol. The largest absolute Gasteiger partial charge is 0.396 e. The lowest BCUT2D eigenvalue weighted by Gasteiger charge is -2.19. The summed E-state index contributed by atoms with van der Waals surface area (Å²) in [7, 11) is 1.30. The van der Waals surface area contributed by atoms with E-state index in [4.69, 9.17) is 0 Å². The standard InChI is InChI=1S/C19H16F3N7O/c1-23-16(30)6-14(19(20,21)22)11-2-3-15(25-7-11)29-9-12(8-28-29)13-4-5-24-18-17(13)26-10-27-18/h2-5,7-10,14H,6H2,1H3,(H,23,30)(H,24,26,27). The van der Waals surface area contributed by atoms with Crippen molar-refractivity contribution < 1.29 is 18.0 Å². The van der Waals surface area contributed by atoms with Gasteiger partial charge in [0.25, 0.3) is 0 Å². The van der Waals surface area contributed by atoms with E-state index in [1.165, 1.54) is 23.9 Å². The number of carbonyl (C=O) groups is 1. The fourth-order valence-corrected chi connectivity index (χ4v) is 3.12. The molecule has 4 heterocycles. The van der Waals surface area contributed by atoms with Gasteiger partial charge >= 0.3 is 6.18 Å². The summed E-state index contributed by atoms with van der Waals surface area (Å²) < 4.78 is 41.6. The third kappa shape index (κ3) is 3.73. The summed E-state index contributed by atoms with van der Waals surface area (Å²) in [5.74, 6) is -2.28. The van der Waals surface area contributed by atoms with Gasteiger partial charge in [-0.2, -0.15) is 18.3 Å². The highest BCUT2D eigenvalue weighted by atomic mass is 19.4. The number of carbonyl (C=O) groups excluding carboxylic acids is 1. The van der Waals surface area contributed by atoms with Crippen molar-refractivity contribution in [3.05, 3.63) is 54.9 Å². The Bertz CT molecular complexity index is 1180. The molecule has 0 aliphatic carbocycles. The molecule has 0 bridgehead atoms. The number of fused-ring (bicyclic) bond motifs is 1. The van der Waals surface area contributed by atoms with Crippen LogP contribution in [-0.2, 0) is 4.79 Å². The quantitative estimate of drug-likeness (QED) is 0.522. The Hall–Kier alpha value is -3.76. The lowest BCUT2D eigenvalue weighted by molar-refractivity contribution is -0.157. The van der Waals surface area contributed by atoms with Crippen LogP contribution in [0.3, 0.4) is 0 Å². The summed E-state index contributed by atoms with van der Waals surface area (Å²) in [5.41, 5.74) is 2.80. The summed E-state index contributed by atoms with van der Waals surface area (Å²) in [5, 5.41) is 6.47. The highest BCUT2D eigenvalue weighted by Crippen LogP contribution is 2.37. The minimum absolute atomic E-state index is 0.0883. The van der Waals surface area contributed by atoms with Crippen molar-refractivity contribution in [2.75, 3.05) is 7.05 Å². The SMILES string of the molecule is CNC(=O)CC(c1ccc(-n2cc(-c3ccnc4[nH]cnc34)cn2)nc1)C(F)(F)F. The minimum atomic E-state index is -4.56. The maximum Gasteiger partial charge on any atom is 0.396 e. The molecule has 0 aliphatic rings. The Morgan fingerprint density at radius 1 is 1.20 bits per heavy atom. The van der Waals surface area contributed by atoms with E-state index in [-0.39, 0.29) is 5.56 Å². The zero-order valence-electron chi connectivity index (χ0n) is 15.7. The number of hydrogen-bond donors (Lipinski definition) is 2. The summed E-state index contributed by atoms with van der Waals surface area (Å²) in [6, 6.07) is 4.54. The second kappa shape index (κ2) is 7.58. The van der Waals surface area contributed by atoms with Gasteiger partial charge in [0.15, 0.2) is 11.5 Å². The van der Waals surface area contributed by atoms with Crippen LogP contribution in [-0.4, -0.2) is 48.8 Å². The van der Waals surface area contributed by atoms with Crippen LogP contribution in [0.1, 0.15) is 17.9 Å². The summed E-state index contributed by atoms with van der Waals surface area (Å²) in [4.78, 5) is 27.0. The molecule has 154 valence electrons. The van der Waals surface area contributed by atoms with Gasteiger partial charge in [0.05, 0.1) is 18.4 Å². The molecular formula is C19H16F3N7O. The topological polar surface area (TPSA) is 101 Å². The van der Waals surface area contributed by atoms with Crippen LogP contribution >= 0.6 is 0 Å². The summed E-state index contributed by atoms with van der Waals surface area (Å²) in [6.45, 7) is 0. The molecule has 0 spiro atoms. The molecule has 0 aliphatic heterocycles. The average Bonchev–Trinajstić information content (AvgIpc) is 3.40. The number of hydrogen-bond acceptors (Lipinski definition) is 5. The maximum absolute atomic E-state index is 13.4. The third-order valence-electron chi connectivity index (χ3n) is 4.68. The second-order valence-electron chi connectivity index (χ2n) is 6.55. The molecule has 2 N–H and O–H groups in total. The Morgan fingerprint density at radius 2 is 2.03 bits per heavy atom. The molecule has 1 unspecified atom stereocenters. The van der Waals surface area contributed by atoms with Gasteiger partial charge in [0.1, 0.15) is 5.52 Å². The molecule has 1 atom stereocenters. The van der Waals surface area contributed by atoms with Crippen molar-refractivity contribution in [2.24, 2.45) is 0 Å². The molecule has 0 saturated heterocycles. The van der Waals surface area contributed by atoms with Gasteiger partial charge < -0.3 is 10.3 Å². The van der Waals surface area contributed by atoms with Crippen LogP contribution in [0.25, 0.3) is 28.1 Å². The lowest BCUT2D eigenvalue weighted by Crippen LogP contribution is -2.28. The Labute approximate surface area is 168 Å². The highest BCUT2D eigenvalue weighted by molar-refractivity contribution is 5.88. The number of pyridine rings is 2. The number of aromatic nitrogens is 6. The van der Waals surface area contributed by atoms with Crippen molar-refractivity contribution in [1.82, 2.24) is 35.0 Å². The van der Waals surface area contributed by atoms with Crippen molar-refractivity contribution in [2.45, 2.75) is 18.5 Å². The molecule has 4 aromatic heterocycles. The first-order valence-electron chi connectivity index (χ1n) is 8.93. The minimum Gasteiger partial charge on any atom is -0.359 e. The number of imidazole rings is 1. The molecule has 11 heteroatoms. The molecule has 0 fully saturated rings. The zero-order valence-corrected chi connectivity index (χ0v) is 15.7. The van der Waals surface area contributed by atoms with Gasteiger partial charge in [-0.25, -0.2) is 19.6 Å². The first-order chi connectivity index (χ1) is 14.4. The Morgan fingerprint density at radius 3 is 2.73 bits per heavy atom. The van der Waals surface area contributed by atoms with E-state index in [0.29, 0.717) is 17.0 Å².